The highest BCUT2D eigenvalue weighted by Gasteiger charge is 2.33. The van der Waals surface area contributed by atoms with Gasteiger partial charge in [0.05, 0.1) is 6.04 Å². The van der Waals surface area contributed by atoms with E-state index in [2.05, 4.69) is 4.74 Å². The first-order valence-electron chi connectivity index (χ1n) is 11.6. The number of nitrogens with zero attached hydrogens (tertiary/aromatic N) is 1. The number of rotatable bonds is 6. The minimum absolute atomic E-state index is 0.116. The van der Waals surface area contributed by atoms with Crippen molar-refractivity contribution >= 4 is 5.91 Å². The summed E-state index contributed by atoms with van der Waals surface area (Å²) >= 11 is 0. The molecule has 1 atom stereocenters. The Balaban J connectivity index is 1.52. The smallest absolute Gasteiger partial charge is 0.491 e. The Morgan fingerprint density at radius 2 is 1.53 bits per heavy atom. The number of hydrogen-bond donors (Lipinski definition) is 0. The normalized spacial score (nSPS) is 15.7. The van der Waals surface area contributed by atoms with Crippen molar-refractivity contribution in [3.8, 4) is 17.2 Å². The standard InChI is InChI=1S/C28H28F3NO4/c1-27(2,3)35-24-13-11-23(12-14-24)34-18-22-15-19-7-4-5-8-21(19)17-32(22)26(33)20-9-6-10-25(16-20)36-28(29,30)31/h4-14,16,22H,15,17-18H2,1-3H3. The molecule has 190 valence electrons. The van der Waals surface area contributed by atoms with Crippen LogP contribution in [-0.4, -0.2) is 35.4 Å². The number of carbonyl (C=O) groups is 1. The van der Waals surface area contributed by atoms with Gasteiger partial charge in [0.1, 0.15) is 29.5 Å². The molecule has 8 heteroatoms. The molecule has 0 aromatic heterocycles. The highest BCUT2D eigenvalue weighted by molar-refractivity contribution is 5.95. The molecule has 3 aromatic rings. The average Bonchev–Trinajstić information content (AvgIpc) is 2.80. The van der Waals surface area contributed by atoms with Crippen LogP contribution in [-0.2, 0) is 13.0 Å². The monoisotopic (exact) mass is 499 g/mol. The molecule has 1 heterocycles. The van der Waals surface area contributed by atoms with Gasteiger partial charge in [-0.05, 0) is 80.8 Å². The highest BCUT2D eigenvalue weighted by Crippen LogP contribution is 2.29. The van der Waals surface area contributed by atoms with Gasteiger partial charge in [-0.25, -0.2) is 0 Å². The molecular formula is C28H28F3NO4. The van der Waals surface area contributed by atoms with Crippen molar-refractivity contribution in [2.24, 2.45) is 0 Å². The molecule has 0 bridgehead atoms. The number of amides is 1. The van der Waals surface area contributed by atoms with Gasteiger partial charge in [0, 0.05) is 12.1 Å². The lowest BCUT2D eigenvalue weighted by atomic mass is 9.93. The van der Waals surface area contributed by atoms with Gasteiger partial charge in [0.15, 0.2) is 0 Å². The van der Waals surface area contributed by atoms with Gasteiger partial charge in [0.25, 0.3) is 5.91 Å². The Morgan fingerprint density at radius 1 is 0.861 bits per heavy atom. The molecular weight excluding hydrogens is 471 g/mol. The molecule has 0 saturated heterocycles. The molecule has 3 aromatic carbocycles. The predicted molar refractivity (Wildman–Crippen MR) is 129 cm³/mol. The summed E-state index contributed by atoms with van der Waals surface area (Å²) in [6.45, 7) is 6.45. The third-order valence-corrected chi connectivity index (χ3v) is 5.62. The van der Waals surface area contributed by atoms with Crippen LogP contribution in [0.1, 0.15) is 42.3 Å². The van der Waals surface area contributed by atoms with E-state index in [0.29, 0.717) is 18.7 Å². The van der Waals surface area contributed by atoms with E-state index in [4.69, 9.17) is 9.47 Å². The molecule has 4 rings (SSSR count). The van der Waals surface area contributed by atoms with Gasteiger partial charge in [-0.3, -0.25) is 4.79 Å². The van der Waals surface area contributed by atoms with Gasteiger partial charge < -0.3 is 19.1 Å². The van der Waals surface area contributed by atoms with E-state index in [1.807, 2.05) is 69.3 Å². The molecule has 0 saturated carbocycles. The summed E-state index contributed by atoms with van der Waals surface area (Å²) in [6, 6.07) is 19.9. The zero-order chi connectivity index (χ0) is 25.9. The van der Waals surface area contributed by atoms with Crippen LogP contribution in [0.2, 0.25) is 0 Å². The van der Waals surface area contributed by atoms with Crippen molar-refractivity contribution in [3.05, 3.63) is 89.5 Å². The maximum atomic E-state index is 13.4. The number of alkyl halides is 3. The molecule has 0 fully saturated rings. The van der Waals surface area contributed by atoms with Crippen molar-refractivity contribution in [2.45, 2.75) is 51.7 Å². The number of benzene rings is 3. The van der Waals surface area contributed by atoms with Crippen molar-refractivity contribution < 1.29 is 32.2 Å². The van der Waals surface area contributed by atoms with E-state index in [9.17, 15) is 18.0 Å². The average molecular weight is 500 g/mol. The summed E-state index contributed by atoms with van der Waals surface area (Å²) in [4.78, 5) is 15.1. The number of ether oxygens (including phenoxy) is 3. The zero-order valence-electron chi connectivity index (χ0n) is 20.3. The van der Waals surface area contributed by atoms with Crippen LogP contribution in [0.5, 0.6) is 17.2 Å². The van der Waals surface area contributed by atoms with E-state index in [-0.39, 0.29) is 29.7 Å². The maximum absolute atomic E-state index is 13.4. The predicted octanol–water partition coefficient (Wildman–Crippen LogP) is 6.41. The summed E-state index contributed by atoms with van der Waals surface area (Å²) in [5.74, 6) is 0.526. The summed E-state index contributed by atoms with van der Waals surface area (Å²) in [5.41, 5.74) is 1.90. The Kier molecular flexibility index (Phi) is 7.15. The lowest BCUT2D eigenvalue weighted by Gasteiger charge is -2.37. The number of carbonyl (C=O) groups excluding carboxylic acids is 1. The lowest BCUT2D eigenvalue weighted by molar-refractivity contribution is -0.274. The molecule has 0 radical (unpaired) electrons. The van der Waals surface area contributed by atoms with Crippen LogP contribution < -0.4 is 14.2 Å². The van der Waals surface area contributed by atoms with Gasteiger partial charge in [-0.15, -0.1) is 13.2 Å². The van der Waals surface area contributed by atoms with Gasteiger partial charge in [0.2, 0.25) is 0 Å². The molecule has 1 aliphatic rings. The maximum Gasteiger partial charge on any atom is 0.573 e. The summed E-state index contributed by atoms with van der Waals surface area (Å²) in [5, 5.41) is 0. The van der Waals surface area contributed by atoms with E-state index in [0.717, 1.165) is 22.9 Å². The Labute approximate surface area is 208 Å². The minimum atomic E-state index is -4.84. The molecule has 0 spiro atoms. The van der Waals surface area contributed by atoms with Crippen LogP contribution in [0.25, 0.3) is 0 Å². The van der Waals surface area contributed by atoms with E-state index in [1.165, 1.54) is 18.2 Å². The quantitative estimate of drug-likeness (QED) is 0.393. The third kappa shape index (κ3) is 6.71. The van der Waals surface area contributed by atoms with Crippen LogP contribution in [0.15, 0.2) is 72.8 Å². The fourth-order valence-electron chi connectivity index (χ4n) is 4.12. The first-order chi connectivity index (χ1) is 17.0. The van der Waals surface area contributed by atoms with Crippen LogP contribution in [0.3, 0.4) is 0 Å². The molecule has 1 amide bonds. The first-order valence-corrected chi connectivity index (χ1v) is 11.6. The fraction of sp³-hybridized carbons (Fsp3) is 0.321. The summed E-state index contributed by atoms with van der Waals surface area (Å²) in [7, 11) is 0. The third-order valence-electron chi connectivity index (χ3n) is 5.62. The van der Waals surface area contributed by atoms with Crippen molar-refractivity contribution in [1.29, 1.82) is 0 Å². The first kappa shape index (κ1) is 25.4. The Bertz CT molecular complexity index is 1200. The molecule has 1 aliphatic heterocycles. The second-order valence-corrected chi connectivity index (χ2v) is 9.63. The largest absolute Gasteiger partial charge is 0.573 e. The van der Waals surface area contributed by atoms with Crippen molar-refractivity contribution in [1.82, 2.24) is 4.90 Å². The number of hydrogen-bond acceptors (Lipinski definition) is 4. The minimum Gasteiger partial charge on any atom is -0.491 e. The molecule has 1 unspecified atom stereocenters. The van der Waals surface area contributed by atoms with Gasteiger partial charge in [-0.1, -0.05) is 30.3 Å². The Morgan fingerprint density at radius 3 is 2.19 bits per heavy atom. The van der Waals surface area contributed by atoms with Crippen molar-refractivity contribution in [3.63, 3.8) is 0 Å². The SMILES string of the molecule is CC(C)(C)Oc1ccc(OCC2Cc3ccccc3CN2C(=O)c2cccc(OC(F)(F)F)c2)cc1. The van der Waals surface area contributed by atoms with Crippen LogP contribution >= 0.6 is 0 Å². The zero-order valence-corrected chi connectivity index (χ0v) is 20.3. The second-order valence-electron chi connectivity index (χ2n) is 9.63. The van der Waals surface area contributed by atoms with Gasteiger partial charge in [-0.2, -0.15) is 0 Å². The second kappa shape index (κ2) is 10.1. The van der Waals surface area contributed by atoms with E-state index < -0.39 is 12.1 Å². The van der Waals surface area contributed by atoms with Crippen molar-refractivity contribution in [2.75, 3.05) is 6.61 Å². The fourth-order valence-corrected chi connectivity index (χ4v) is 4.12. The van der Waals surface area contributed by atoms with E-state index >= 15 is 0 Å². The Hall–Kier alpha value is -3.68. The summed E-state index contributed by atoms with van der Waals surface area (Å²) < 4.78 is 53.9. The van der Waals surface area contributed by atoms with Crippen LogP contribution in [0, 0.1) is 0 Å². The molecule has 36 heavy (non-hydrogen) atoms. The number of fused-ring (bicyclic) bond motifs is 1. The van der Waals surface area contributed by atoms with E-state index in [1.54, 1.807) is 4.90 Å². The lowest BCUT2D eigenvalue weighted by Crippen LogP contribution is -2.47. The number of halogens is 3. The van der Waals surface area contributed by atoms with Gasteiger partial charge >= 0.3 is 6.36 Å². The highest BCUT2D eigenvalue weighted by atomic mass is 19.4. The molecule has 5 nitrogen and oxygen atoms in total. The topological polar surface area (TPSA) is 48.0 Å². The molecule has 0 N–H and O–H groups in total. The summed E-state index contributed by atoms with van der Waals surface area (Å²) in [6.07, 6.45) is -4.28. The molecule has 0 aliphatic carbocycles. The van der Waals surface area contributed by atoms with Crippen LogP contribution in [0.4, 0.5) is 13.2 Å².